The lowest BCUT2D eigenvalue weighted by Gasteiger charge is -2.41. The molecule has 1 aliphatic carbocycles. The van der Waals surface area contributed by atoms with Crippen LogP contribution in [0.3, 0.4) is 0 Å². The summed E-state index contributed by atoms with van der Waals surface area (Å²) in [5, 5.41) is 0. The number of benzene rings is 2. The van der Waals surface area contributed by atoms with Crippen LogP contribution in [-0.4, -0.2) is 18.1 Å². The van der Waals surface area contributed by atoms with Gasteiger partial charge in [0.05, 0.1) is 6.04 Å². The molecule has 0 aromatic heterocycles. The second-order valence-corrected chi connectivity index (χ2v) is 7.57. The number of hydrogen-bond acceptors (Lipinski definition) is 3. The molecule has 0 heterocycles. The van der Waals surface area contributed by atoms with Gasteiger partial charge in [-0.25, -0.2) is 4.79 Å². The van der Waals surface area contributed by atoms with E-state index < -0.39 is 0 Å². The number of nitrogens with zero attached hydrogens (tertiary/aromatic N) is 1. The fourth-order valence-corrected chi connectivity index (χ4v) is 3.92. The highest BCUT2D eigenvalue weighted by atomic mass is 16.5. The lowest BCUT2D eigenvalue weighted by atomic mass is 9.89. The number of hydrogen-bond donors (Lipinski definition) is 0. The van der Waals surface area contributed by atoms with Crippen molar-refractivity contribution in [1.82, 2.24) is 0 Å². The van der Waals surface area contributed by atoms with Crippen LogP contribution in [0.5, 0.6) is 0 Å². The number of carbonyl (C=O) groups is 1. The van der Waals surface area contributed by atoms with Crippen LogP contribution < -0.4 is 4.90 Å². The van der Waals surface area contributed by atoms with E-state index in [0.717, 1.165) is 31.4 Å². The normalized spacial score (nSPS) is 19.4. The predicted octanol–water partition coefficient (Wildman–Crippen LogP) is 5.87. The van der Waals surface area contributed by atoms with E-state index in [9.17, 15) is 4.79 Å². The Morgan fingerprint density at radius 3 is 2.44 bits per heavy atom. The quantitative estimate of drug-likeness (QED) is 0.491. The van der Waals surface area contributed by atoms with Crippen LogP contribution in [0.25, 0.3) is 0 Å². The third-order valence-corrected chi connectivity index (χ3v) is 5.25. The van der Waals surface area contributed by atoms with Gasteiger partial charge in [-0.3, -0.25) is 0 Å². The van der Waals surface area contributed by atoms with Gasteiger partial charge >= 0.3 is 5.97 Å². The molecule has 2 aromatic carbocycles. The summed E-state index contributed by atoms with van der Waals surface area (Å²) in [6.07, 6.45) is 3.97. The van der Waals surface area contributed by atoms with Crippen LogP contribution in [0.1, 0.15) is 43.7 Å². The topological polar surface area (TPSA) is 29.5 Å². The van der Waals surface area contributed by atoms with Gasteiger partial charge in [-0.2, -0.15) is 0 Å². The molecule has 1 fully saturated rings. The van der Waals surface area contributed by atoms with Crippen molar-refractivity contribution in [1.29, 1.82) is 0 Å². The van der Waals surface area contributed by atoms with E-state index in [2.05, 4.69) is 67.8 Å². The smallest absolute Gasteiger partial charge is 0.333 e. The van der Waals surface area contributed by atoms with Crippen molar-refractivity contribution in [3.05, 3.63) is 71.8 Å². The Hall–Kier alpha value is -2.55. The molecule has 142 valence electrons. The number of ether oxygens (including phenoxy) is 1. The van der Waals surface area contributed by atoms with Crippen molar-refractivity contribution in [2.75, 3.05) is 4.90 Å². The molecule has 3 heteroatoms. The van der Waals surface area contributed by atoms with E-state index in [4.69, 9.17) is 4.74 Å². The lowest BCUT2D eigenvalue weighted by molar-refractivity contribution is -0.146. The molecule has 1 saturated carbocycles. The molecule has 3 nitrogen and oxygen atoms in total. The van der Waals surface area contributed by atoms with Crippen molar-refractivity contribution in [3.8, 4) is 0 Å². The zero-order chi connectivity index (χ0) is 19.4. The Morgan fingerprint density at radius 2 is 1.78 bits per heavy atom. The first kappa shape index (κ1) is 19.2. The monoisotopic (exact) mass is 363 g/mol. The van der Waals surface area contributed by atoms with Crippen LogP contribution in [0.4, 0.5) is 11.4 Å². The summed E-state index contributed by atoms with van der Waals surface area (Å²) in [4.78, 5) is 14.6. The molecule has 0 spiro atoms. The summed E-state index contributed by atoms with van der Waals surface area (Å²) in [5.74, 6) is -0.291. The van der Waals surface area contributed by atoms with Crippen LogP contribution in [0, 0.1) is 13.8 Å². The van der Waals surface area contributed by atoms with Gasteiger partial charge in [0.25, 0.3) is 0 Å². The summed E-state index contributed by atoms with van der Waals surface area (Å²) < 4.78 is 5.87. The summed E-state index contributed by atoms with van der Waals surface area (Å²) >= 11 is 0. The van der Waals surface area contributed by atoms with Gasteiger partial charge in [0, 0.05) is 16.9 Å². The zero-order valence-corrected chi connectivity index (χ0v) is 16.6. The van der Waals surface area contributed by atoms with E-state index in [-0.39, 0.29) is 18.1 Å². The van der Waals surface area contributed by atoms with Gasteiger partial charge in [-0.1, -0.05) is 48.9 Å². The van der Waals surface area contributed by atoms with E-state index in [1.165, 1.54) is 16.8 Å². The second kappa shape index (κ2) is 8.43. The maximum Gasteiger partial charge on any atom is 0.333 e. The zero-order valence-electron chi connectivity index (χ0n) is 16.6. The molecule has 0 radical (unpaired) electrons. The maximum absolute atomic E-state index is 12.2. The molecule has 2 unspecified atom stereocenters. The highest BCUT2D eigenvalue weighted by molar-refractivity contribution is 5.87. The summed E-state index contributed by atoms with van der Waals surface area (Å²) in [7, 11) is 0. The van der Waals surface area contributed by atoms with E-state index in [1.54, 1.807) is 6.92 Å². The Bertz CT molecular complexity index is 812. The van der Waals surface area contributed by atoms with Gasteiger partial charge < -0.3 is 9.64 Å². The van der Waals surface area contributed by atoms with Gasteiger partial charge in [-0.15, -0.1) is 0 Å². The van der Waals surface area contributed by atoms with E-state index >= 15 is 0 Å². The summed E-state index contributed by atoms with van der Waals surface area (Å²) in [5.41, 5.74) is 5.24. The molecule has 1 aliphatic rings. The van der Waals surface area contributed by atoms with E-state index in [1.807, 2.05) is 6.07 Å². The number of carbonyl (C=O) groups excluding carboxylic acids is 1. The minimum Gasteiger partial charge on any atom is -0.457 e. The van der Waals surface area contributed by atoms with Crippen LogP contribution in [-0.2, 0) is 9.53 Å². The SMILES string of the molecule is C=C(C)C(=O)OC1CCCCC1N(c1ccccc1)c1ccc(C)cc1C. The predicted molar refractivity (Wildman–Crippen MR) is 111 cm³/mol. The summed E-state index contributed by atoms with van der Waals surface area (Å²) in [6, 6.07) is 17.1. The minimum absolute atomic E-state index is 0.117. The standard InChI is InChI=1S/C24H29NO2/c1-17(2)24(26)27-23-13-9-8-12-22(23)25(20-10-6-5-7-11-20)21-15-14-18(3)16-19(21)4/h5-7,10-11,14-16,22-23H,1,8-9,12-13H2,2-4H3. The highest BCUT2D eigenvalue weighted by Crippen LogP contribution is 2.37. The van der Waals surface area contributed by atoms with Crippen LogP contribution >= 0.6 is 0 Å². The first-order valence-electron chi connectivity index (χ1n) is 9.75. The molecule has 3 rings (SSSR count). The van der Waals surface area contributed by atoms with Crippen molar-refractivity contribution in [3.63, 3.8) is 0 Å². The number of para-hydroxylation sites is 1. The van der Waals surface area contributed by atoms with Crippen LogP contribution in [0.15, 0.2) is 60.7 Å². The molecular weight excluding hydrogens is 334 g/mol. The minimum atomic E-state index is -0.291. The van der Waals surface area contributed by atoms with Crippen LogP contribution in [0.2, 0.25) is 0 Å². The number of esters is 1. The lowest BCUT2D eigenvalue weighted by Crippen LogP contribution is -2.45. The Morgan fingerprint density at radius 1 is 1.07 bits per heavy atom. The van der Waals surface area contributed by atoms with Crippen molar-refractivity contribution in [2.24, 2.45) is 0 Å². The highest BCUT2D eigenvalue weighted by Gasteiger charge is 2.34. The third kappa shape index (κ3) is 4.41. The number of rotatable bonds is 5. The third-order valence-electron chi connectivity index (χ3n) is 5.25. The molecule has 0 saturated heterocycles. The molecule has 0 bridgehead atoms. The van der Waals surface area contributed by atoms with Crippen molar-refractivity contribution in [2.45, 2.75) is 58.6 Å². The Labute approximate surface area is 162 Å². The average molecular weight is 364 g/mol. The van der Waals surface area contributed by atoms with Gasteiger partial charge in [0.15, 0.2) is 0 Å². The molecule has 0 N–H and O–H groups in total. The Balaban J connectivity index is 2.02. The average Bonchev–Trinajstić information content (AvgIpc) is 2.65. The number of anilines is 2. The Kier molecular flexibility index (Phi) is 6.00. The fraction of sp³-hybridized carbons (Fsp3) is 0.375. The van der Waals surface area contributed by atoms with Gasteiger partial charge in [-0.05, 0) is 63.8 Å². The largest absolute Gasteiger partial charge is 0.457 e. The second-order valence-electron chi connectivity index (χ2n) is 7.57. The summed E-state index contributed by atoms with van der Waals surface area (Å²) in [6.45, 7) is 9.71. The van der Waals surface area contributed by atoms with Crippen molar-refractivity contribution < 1.29 is 9.53 Å². The van der Waals surface area contributed by atoms with Gasteiger partial charge in [0.2, 0.25) is 0 Å². The maximum atomic E-state index is 12.2. The first-order chi connectivity index (χ1) is 13.0. The molecule has 2 atom stereocenters. The van der Waals surface area contributed by atoms with Gasteiger partial charge in [0.1, 0.15) is 6.10 Å². The van der Waals surface area contributed by atoms with Crippen molar-refractivity contribution >= 4 is 17.3 Å². The molecular formula is C24H29NO2. The number of aryl methyl sites for hydroxylation is 2. The molecule has 0 amide bonds. The molecule has 2 aromatic rings. The molecule has 0 aliphatic heterocycles. The first-order valence-corrected chi connectivity index (χ1v) is 9.75. The molecule has 27 heavy (non-hydrogen) atoms. The fourth-order valence-electron chi connectivity index (χ4n) is 3.92. The van der Waals surface area contributed by atoms with E-state index in [0.29, 0.717) is 5.57 Å².